The van der Waals surface area contributed by atoms with Crippen LogP contribution in [0.4, 0.5) is 18.9 Å². The molecule has 0 saturated heterocycles. The van der Waals surface area contributed by atoms with Gasteiger partial charge in [-0.3, -0.25) is 0 Å². The number of halogens is 4. The summed E-state index contributed by atoms with van der Waals surface area (Å²) in [5.41, 5.74) is 0.881. The standard InChI is InChI=1S/C13H9F3IN/c14-10-5-12(16)13(6-11(10)15)18-7-8-1-3-9(17)4-2-8/h1-6,18H,7H2. The van der Waals surface area contributed by atoms with E-state index in [1.54, 1.807) is 0 Å². The van der Waals surface area contributed by atoms with Gasteiger partial charge in [-0.05, 0) is 40.3 Å². The first kappa shape index (κ1) is 13.2. The molecule has 0 aliphatic carbocycles. The molecule has 2 aromatic carbocycles. The zero-order valence-electron chi connectivity index (χ0n) is 9.18. The van der Waals surface area contributed by atoms with E-state index in [-0.39, 0.29) is 5.69 Å². The highest BCUT2D eigenvalue weighted by Crippen LogP contribution is 2.19. The molecule has 0 radical (unpaired) electrons. The summed E-state index contributed by atoms with van der Waals surface area (Å²) in [7, 11) is 0. The number of rotatable bonds is 3. The van der Waals surface area contributed by atoms with Gasteiger partial charge in [0.25, 0.3) is 0 Å². The van der Waals surface area contributed by atoms with Crippen LogP contribution in [-0.2, 0) is 6.54 Å². The molecule has 1 N–H and O–H groups in total. The number of nitrogens with one attached hydrogen (secondary N) is 1. The first-order valence-electron chi connectivity index (χ1n) is 5.19. The highest BCUT2D eigenvalue weighted by Gasteiger charge is 2.09. The molecule has 0 aliphatic heterocycles. The van der Waals surface area contributed by atoms with E-state index in [1.807, 2.05) is 24.3 Å². The maximum absolute atomic E-state index is 13.3. The van der Waals surface area contributed by atoms with Crippen molar-refractivity contribution < 1.29 is 13.2 Å². The van der Waals surface area contributed by atoms with Gasteiger partial charge in [0, 0.05) is 22.2 Å². The molecule has 1 nitrogen and oxygen atoms in total. The molecule has 0 atom stereocenters. The lowest BCUT2D eigenvalue weighted by atomic mass is 10.2. The van der Waals surface area contributed by atoms with Crippen molar-refractivity contribution in [1.82, 2.24) is 0 Å². The van der Waals surface area contributed by atoms with E-state index in [1.165, 1.54) is 0 Å². The lowest BCUT2D eigenvalue weighted by Crippen LogP contribution is -2.03. The Labute approximate surface area is 116 Å². The Bertz CT molecular complexity index is 555. The Morgan fingerprint density at radius 2 is 1.50 bits per heavy atom. The van der Waals surface area contributed by atoms with Crippen LogP contribution < -0.4 is 5.32 Å². The second kappa shape index (κ2) is 5.60. The topological polar surface area (TPSA) is 12.0 Å². The fourth-order valence-electron chi connectivity index (χ4n) is 1.46. The van der Waals surface area contributed by atoms with Crippen LogP contribution >= 0.6 is 22.6 Å². The first-order chi connectivity index (χ1) is 8.56. The maximum Gasteiger partial charge on any atom is 0.161 e. The van der Waals surface area contributed by atoms with Gasteiger partial charge < -0.3 is 5.32 Å². The molecule has 2 aromatic rings. The highest BCUT2D eigenvalue weighted by molar-refractivity contribution is 14.1. The minimum Gasteiger partial charge on any atom is -0.379 e. The summed E-state index contributed by atoms with van der Waals surface area (Å²) in [6.45, 7) is 0.346. The molecule has 0 aliphatic rings. The third-order valence-corrected chi connectivity index (χ3v) is 3.13. The third kappa shape index (κ3) is 3.16. The van der Waals surface area contributed by atoms with E-state index in [2.05, 4.69) is 27.9 Å². The van der Waals surface area contributed by atoms with Crippen molar-refractivity contribution in [2.45, 2.75) is 6.54 Å². The molecule has 0 spiro atoms. The molecular formula is C13H9F3IN. The Hall–Kier alpha value is -1.24. The normalized spacial score (nSPS) is 10.4. The van der Waals surface area contributed by atoms with Crippen LogP contribution in [0.3, 0.4) is 0 Å². The summed E-state index contributed by atoms with van der Waals surface area (Å²) >= 11 is 2.18. The third-order valence-electron chi connectivity index (χ3n) is 2.41. The molecule has 0 aromatic heterocycles. The fourth-order valence-corrected chi connectivity index (χ4v) is 1.82. The second-order valence-corrected chi connectivity index (χ2v) is 4.97. The van der Waals surface area contributed by atoms with E-state index < -0.39 is 17.5 Å². The molecular weight excluding hydrogens is 354 g/mol. The van der Waals surface area contributed by atoms with Crippen molar-refractivity contribution in [2.75, 3.05) is 5.32 Å². The number of benzene rings is 2. The molecule has 0 saturated carbocycles. The fraction of sp³-hybridized carbons (Fsp3) is 0.0769. The lowest BCUT2D eigenvalue weighted by molar-refractivity contribution is 0.496. The van der Waals surface area contributed by atoms with Gasteiger partial charge in [0.15, 0.2) is 11.6 Å². The zero-order valence-corrected chi connectivity index (χ0v) is 11.3. The van der Waals surface area contributed by atoms with E-state index in [0.29, 0.717) is 12.6 Å². The monoisotopic (exact) mass is 363 g/mol. The van der Waals surface area contributed by atoms with Crippen LogP contribution in [0.5, 0.6) is 0 Å². The van der Waals surface area contributed by atoms with Crippen molar-refractivity contribution in [3.63, 3.8) is 0 Å². The maximum atomic E-state index is 13.3. The largest absolute Gasteiger partial charge is 0.379 e. The number of hydrogen-bond acceptors (Lipinski definition) is 1. The summed E-state index contributed by atoms with van der Waals surface area (Å²) in [6, 6.07) is 8.94. The second-order valence-electron chi connectivity index (χ2n) is 3.73. The first-order valence-corrected chi connectivity index (χ1v) is 6.27. The van der Waals surface area contributed by atoms with Crippen LogP contribution in [-0.4, -0.2) is 0 Å². The summed E-state index contributed by atoms with van der Waals surface area (Å²) in [5, 5.41) is 2.73. The summed E-state index contributed by atoms with van der Waals surface area (Å²) < 4.78 is 40.1. The van der Waals surface area contributed by atoms with Gasteiger partial charge in [0.2, 0.25) is 0 Å². The molecule has 0 bridgehead atoms. The summed E-state index contributed by atoms with van der Waals surface area (Å²) in [6.07, 6.45) is 0. The number of hydrogen-bond donors (Lipinski definition) is 1. The predicted molar refractivity (Wildman–Crippen MR) is 72.8 cm³/mol. The van der Waals surface area contributed by atoms with E-state index in [4.69, 9.17) is 0 Å². The molecule has 94 valence electrons. The van der Waals surface area contributed by atoms with Crippen molar-refractivity contribution in [3.8, 4) is 0 Å². The molecule has 18 heavy (non-hydrogen) atoms. The Kier molecular flexibility index (Phi) is 4.11. The van der Waals surface area contributed by atoms with Crippen molar-refractivity contribution >= 4 is 28.3 Å². The van der Waals surface area contributed by atoms with Crippen LogP contribution in [0.15, 0.2) is 36.4 Å². The number of anilines is 1. The van der Waals surface area contributed by atoms with Crippen LogP contribution in [0.25, 0.3) is 0 Å². The minimum atomic E-state index is -1.19. The average Bonchev–Trinajstić information content (AvgIpc) is 2.34. The average molecular weight is 363 g/mol. The van der Waals surface area contributed by atoms with Gasteiger partial charge in [0.05, 0.1) is 5.69 Å². The molecule has 0 heterocycles. The van der Waals surface area contributed by atoms with Gasteiger partial charge in [0.1, 0.15) is 5.82 Å². The molecule has 2 rings (SSSR count). The molecule has 5 heteroatoms. The van der Waals surface area contributed by atoms with E-state index in [9.17, 15) is 13.2 Å². The molecule has 0 unspecified atom stereocenters. The van der Waals surface area contributed by atoms with E-state index in [0.717, 1.165) is 15.2 Å². The van der Waals surface area contributed by atoms with Crippen molar-refractivity contribution in [3.05, 3.63) is 63.0 Å². The van der Waals surface area contributed by atoms with Crippen LogP contribution in [0, 0.1) is 21.0 Å². The predicted octanol–water partition coefficient (Wildman–Crippen LogP) is 4.32. The lowest BCUT2D eigenvalue weighted by Gasteiger charge is -2.08. The van der Waals surface area contributed by atoms with Crippen LogP contribution in [0.2, 0.25) is 0 Å². The minimum absolute atomic E-state index is 0.0487. The van der Waals surface area contributed by atoms with Gasteiger partial charge in [-0.2, -0.15) is 0 Å². The molecule has 0 amide bonds. The summed E-state index contributed by atoms with van der Waals surface area (Å²) in [4.78, 5) is 0. The summed E-state index contributed by atoms with van der Waals surface area (Å²) in [5.74, 6) is -3.06. The Balaban J connectivity index is 2.10. The van der Waals surface area contributed by atoms with Gasteiger partial charge in [-0.25, -0.2) is 13.2 Å². The molecule has 0 fully saturated rings. The van der Waals surface area contributed by atoms with E-state index >= 15 is 0 Å². The SMILES string of the molecule is Fc1cc(F)c(NCc2ccc(I)cc2)cc1F. The van der Waals surface area contributed by atoms with Crippen molar-refractivity contribution in [2.24, 2.45) is 0 Å². The van der Waals surface area contributed by atoms with Crippen LogP contribution in [0.1, 0.15) is 5.56 Å². The highest BCUT2D eigenvalue weighted by atomic mass is 127. The Morgan fingerprint density at radius 3 is 2.17 bits per heavy atom. The zero-order chi connectivity index (χ0) is 13.1. The Morgan fingerprint density at radius 1 is 0.889 bits per heavy atom. The van der Waals surface area contributed by atoms with Crippen molar-refractivity contribution in [1.29, 1.82) is 0 Å². The quantitative estimate of drug-likeness (QED) is 0.633. The van der Waals surface area contributed by atoms with Gasteiger partial charge >= 0.3 is 0 Å². The van der Waals surface area contributed by atoms with Gasteiger partial charge in [-0.15, -0.1) is 0 Å². The van der Waals surface area contributed by atoms with Gasteiger partial charge in [-0.1, -0.05) is 12.1 Å². The smallest absolute Gasteiger partial charge is 0.161 e.